The topological polar surface area (TPSA) is 58.2 Å². The Hall–Kier alpha value is -1.18. The molecule has 0 bridgehead atoms. The molecule has 3 rings (SSSR count). The molecule has 0 spiro atoms. The number of anilines is 1. The smallest absolute Gasteiger partial charge is 0.264 e. The van der Waals surface area contributed by atoms with Crippen LogP contribution in [-0.4, -0.2) is 16.1 Å². The van der Waals surface area contributed by atoms with Gasteiger partial charge in [0.1, 0.15) is 4.32 Å². The summed E-state index contributed by atoms with van der Waals surface area (Å²) < 4.78 is 8.86. The number of fused-ring (bicyclic) bond motifs is 1. The molecule has 18 heavy (non-hydrogen) atoms. The van der Waals surface area contributed by atoms with Crippen LogP contribution in [0.1, 0.15) is 5.56 Å². The number of rotatable bonds is 0. The fourth-order valence-electron chi connectivity index (χ4n) is 1.78. The van der Waals surface area contributed by atoms with E-state index < -0.39 is 5.91 Å². The minimum absolute atomic E-state index is 0.230. The summed E-state index contributed by atoms with van der Waals surface area (Å²) in [6, 6.07) is 5.13. The van der Waals surface area contributed by atoms with E-state index in [0.29, 0.717) is 15.6 Å². The van der Waals surface area contributed by atoms with Crippen molar-refractivity contribution in [3.63, 3.8) is 0 Å². The number of hydrogen-bond acceptors (Lipinski definition) is 4. The molecule has 2 amide bonds. The Morgan fingerprint density at radius 1 is 1.33 bits per heavy atom. The molecule has 0 radical (unpaired) electrons. The molecule has 0 aromatic heterocycles. The van der Waals surface area contributed by atoms with Crippen LogP contribution < -0.4 is 10.6 Å². The van der Waals surface area contributed by atoms with Crippen LogP contribution in [0.3, 0.4) is 0 Å². The minimum Gasteiger partial charge on any atom is -0.321 e. The van der Waals surface area contributed by atoms with Crippen LogP contribution in [0.5, 0.6) is 0 Å². The number of amides is 2. The average Bonchev–Trinajstić information content (AvgIpc) is 2.78. The van der Waals surface area contributed by atoms with Crippen molar-refractivity contribution in [2.45, 2.75) is 0 Å². The number of carbonyl (C=O) groups excluding carboxylic acids is 2. The van der Waals surface area contributed by atoms with E-state index in [2.05, 4.69) is 21.2 Å². The first-order valence-electron chi connectivity index (χ1n) is 5.34. The Kier molecular flexibility index (Phi) is 2.49. The van der Waals surface area contributed by atoms with Crippen molar-refractivity contribution in [2.24, 2.45) is 0 Å². The predicted molar refractivity (Wildman–Crippen MR) is 78.0 cm³/mol. The van der Waals surface area contributed by atoms with Crippen LogP contribution in [0, 0.1) is 0 Å². The Balaban J connectivity index is 2.27. The maximum absolute atomic E-state index is 12.1. The summed E-state index contributed by atoms with van der Waals surface area (Å²) in [5.41, 5.74) is 1.26. The van der Waals surface area contributed by atoms with E-state index in [1.165, 1.54) is 0 Å². The van der Waals surface area contributed by atoms with Crippen LogP contribution in [0.2, 0.25) is 1.41 Å². The number of hydrogen-bond donors (Lipinski definition) is 2. The molecule has 1 aromatic carbocycles. The molecule has 0 aliphatic carbocycles. The van der Waals surface area contributed by atoms with E-state index in [9.17, 15) is 9.59 Å². The zero-order chi connectivity index (χ0) is 13.7. The van der Waals surface area contributed by atoms with Gasteiger partial charge in [0.05, 0.1) is 10.5 Å². The largest absolute Gasteiger partial charge is 0.321 e. The van der Waals surface area contributed by atoms with Gasteiger partial charge in [-0.1, -0.05) is 39.9 Å². The van der Waals surface area contributed by atoms with E-state index in [1.807, 2.05) is 0 Å². The summed E-state index contributed by atoms with van der Waals surface area (Å²) in [5, 5.41) is 3.27. The Labute approximate surface area is 122 Å². The van der Waals surface area contributed by atoms with Crippen molar-refractivity contribution in [2.75, 3.05) is 5.31 Å². The molecule has 1 fully saturated rings. The summed E-state index contributed by atoms with van der Waals surface area (Å²) in [5.74, 6) is -0.907. The molecular formula is C11H5BrN2O2S2. The first kappa shape index (κ1) is 10.7. The van der Waals surface area contributed by atoms with Gasteiger partial charge in [0.2, 0.25) is 0 Å². The predicted octanol–water partition coefficient (Wildman–Crippen LogP) is 2.26. The van der Waals surface area contributed by atoms with E-state index in [1.54, 1.807) is 18.2 Å². The van der Waals surface area contributed by atoms with Gasteiger partial charge in [-0.15, -0.1) is 0 Å². The van der Waals surface area contributed by atoms with Crippen molar-refractivity contribution in [3.05, 3.63) is 33.1 Å². The van der Waals surface area contributed by atoms with Crippen molar-refractivity contribution >= 4 is 67.3 Å². The molecule has 0 atom stereocenters. The summed E-state index contributed by atoms with van der Waals surface area (Å²) >= 11 is 9.29. The highest BCUT2D eigenvalue weighted by Gasteiger charge is 2.34. The van der Waals surface area contributed by atoms with Crippen LogP contribution in [0.25, 0.3) is 5.57 Å². The molecule has 4 nitrogen and oxygen atoms in total. The van der Waals surface area contributed by atoms with Gasteiger partial charge >= 0.3 is 0 Å². The van der Waals surface area contributed by atoms with E-state index in [-0.39, 0.29) is 16.4 Å². The van der Waals surface area contributed by atoms with Gasteiger partial charge < -0.3 is 10.6 Å². The highest BCUT2D eigenvalue weighted by atomic mass is 79.9. The number of thiocarbonyl (C=S) groups is 1. The first-order chi connectivity index (χ1) is 8.99. The van der Waals surface area contributed by atoms with Crippen molar-refractivity contribution in [1.29, 1.82) is 0 Å². The molecule has 90 valence electrons. The molecule has 2 aliphatic heterocycles. The fourth-order valence-corrected chi connectivity index (χ4v) is 3.26. The lowest BCUT2D eigenvalue weighted by atomic mass is 10.1. The number of carbonyl (C=O) groups is 2. The van der Waals surface area contributed by atoms with Crippen LogP contribution >= 0.6 is 39.9 Å². The SMILES string of the molecule is [2H]N1C(=O)C(=C2SC(=S)NC2=O)c2cc(Br)ccc21. The van der Waals surface area contributed by atoms with Crippen molar-refractivity contribution in [1.82, 2.24) is 5.32 Å². The Morgan fingerprint density at radius 2 is 2.11 bits per heavy atom. The van der Waals surface area contributed by atoms with Gasteiger partial charge in [0.25, 0.3) is 11.8 Å². The monoisotopic (exact) mass is 341 g/mol. The quantitative estimate of drug-likeness (QED) is 0.561. The first-order valence-corrected chi connectivity index (χ1v) is 6.91. The normalized spacial score (nSPS) is 23.3. The van der Waals surface area contributed by atoms with Gasteiger partial charge in [-0.25, -0.2) is 0 Å². The molecule has 7 heteroatoms. The third-order valence-electron chi connectivity index (χ3n) is 2.51. The molecule has 1 aromatic rings. The fraction of sp³-hybridized carbons (Fsp3) is 0. The maximum atomic E-state index is 12.1. The van der Waals surface area contributed by atoms with Gasteiger partial charge in [0.15, 0.2) is 1.41 Å². The highest BCUT2D eigenvalue weighted by Crippen LogP contribution is 2.40. The second-order valence-corrected chi connectivity index (χ2v) is 6.23. The summed E-state index contributed by atoms with van der Waals surface area (Å²) in [7, 11) is 0. The molecular weight excluding hydrogens is 336 g/mol. The van der Waals surface area contributed by atoms with Gasteiger partial charge in [0, 0.05) is 15.7 Å². The summed E-state index contributed by atoms with van der Waals surface area (Å²) in [6.45, 7) is 0. The number of thioether (sulfide) groups is 1. The molecule has 2 N–H and O–H groups in total. The summed E-state index contributed by atoms with van der Waals surface area (Å²) in [6.07, 6.45) is 0. The average molecular weight is 342 g/mol. The Bertz CT molecular complexity index is 689. The lowest BCUT2D eigenvalue weighted by Gasteiger charge is -2.00. The van der Waals surface area contributed by atoms with Gasteiger partial charge in [-0.2, -0.15) is 0 Å². The minimum atomic E-state index is -0.518. The van der Waals surface area contributed by atoms with E-state index >= 15 is 0 Å². The molecule has 0 saturated carbocycles. The van der Waals surface area contributed by atoms with E-state index in [4.69, 9.17) is 13.6 Å². The standard InChI is InChI=1S/C11H5BrN2O2S2/c12-4-1-2-6-5(3-4)7(9(15)13-6)8-10(16)14-11(17)18-8/h1-3H,(H,13,15)(H,14,16,17)/i/hD. The van der Waals surface area contributed by atoms with Crippen LogP contribution in [0.15, 0.2) is 27.6 Å². The number of halogens is 1. The molecule has 2 aliphatic rings. The van der Waals surface area contributed by atoms with Gasteiger partial charge in [-0.05, 0) is 18.2 Å². The van der Waals surface area contributed by atoms with Gasteiger partial charge in [-0.3, -0.25) is 9.59 Å². The third-order valence-corrected chi connectivity index (χ3v) is 4.23. The zero-order valence-electron chi connectivity index (χ0n) is 9.69. The van der Waals surface area contributed by atoms with E-state index in [0.717, 1.165) is 21.5 Å². The number of benzene rings is 1. The molecule has 0 unspecified atom stereocenters. The molecule has 1 saturated heterocycles. The maximum Gasteiger partial charge on any atom is 0.264 e. The Morgan fingerprint density at radius 3 is 2.78 bits per heavy atom. The second kappa shape index (κ2) is 4.18. The van der Waals surface area contributed by atoms with Crippen molar-refractivity contribution in [3.8, 4) is 0 Å². The zero-order valence-corrected chi connectivity index (χ0v) is 11.9. The lowest BCUT2D eigenvalue weighted by molar-refractivity contribution is -0.115. The lowest BCUT2D eigenvalue weighted by Crippen LogP contribution is -2.19. The van der Waals surface area contributed by atoms with Crippen LogP contribution in [0.4, 0.5) is 5.69 Å². The highest BCUT2D eigenvalue weighted by molar-refractivity contribution is 9.10. The third kappa shape index (κ3) is 1.79. The number of nitrogens with one attached hydrogen (secondary N) is 2. The molecule has 2 heterocycles. The van der Waals surface area contributed by atoms with Crippen LogP contribution in [-0.2, 0) is 9.59 Å². The second-order valence-electron chi connectivity index (χ2n) is 3.63. The summed E-state index contributed by atoms with van der Waals surface area (Å²) in [4.78, 5) is 24.2. The van der Waals surface area contributed by atoms with Crippen molar-refractivity contribution < 1.29 is 11.0 Å².